The fraction of sp³-hybridized carbons (Fsp3) is 0.350. The van der Waals surface area contributed by atoms with E-state index in [0.717, 1.165) is 11.1 Å². The fourth-order valence-corrected chi connectivity index (χ4v) is 3.24. The Hall–Kier alpha value is -1.99. The molecule has 2 rings (SSSR count). The van der Waals surface area contributed by atoms with Crippen molar-refractivity contribution in [2.45, 2.75) is 38.3 Å². The molecule has 0 radical (unpaired) electrons. The molecule has 0 aliphatic heterocycles. The number of nitrogens with zero attached hydrogens (tertiary/aromatic N) is 1. The number of hydrogen-bond donors (Lipinski definition) is 3. The Morgan fingerprint density at radius 2 is 1.84 bits per heavy atom. The van der Waals surface area contributed by atoms with Gasteiger partial charge < -0.3 is 15.4 Å². The van der Waals surface area contributed by atoms with E-state index in [0.29, 0.717) is 31.0 Å². The van der Waals surface area contributed by atoms with Gasteiger partial charge in [0.2, 0.25) is 10.0 Å². The van der Waals surface area contributed by atoms with Crippen LogP contribution in [-0.2, 0) is 23.0 Å². The largest absolute Gasteiger partial charge is 0.434 e. The smallest absolute Gasteiger partial charge is 0.387 e. The first-order chi connectivity index (χ1) is 14.2. The van der Waals surface area contributed by atoms with E-state index in [-0.39, 0.29) is 41.2 Å². The first kappa shape index (κ1) is 27.0. The lowest BCUT2D eigenvalue weighted by Gasteiger charge is -2.13. The molecule has 0 spiro atoms. The number of nitrogens with one attached hydrogen (secondary N) is 2. The highest BCUT2D eigenvalue weighted by atomic mass is 127. The van der Waals surface area contributed by atoms with Crippen LogP contribution in [0.1, 0.15) is 23.6 Å². The lowest BCUT2D eigenvalue weighted by atomic mass is 10.1. The number of halogens is 3. The van der Waals surface area contributed by atoms with Crippen molar-refractivity contribution in [3.05, 3.63) is 59.2 Å². The van der Waals surface area contributed by atoms with Gasteiger partial charge in [0.15, 0.2) is 5.96 Å². The number of primary sulfonamides is 1. The van der Waals surface area contributed by atoms with Gasteiger partial charge in [0.1, 0.15) is 5.75 Å². The van der Waals surface area contributed by atoms with Crippen LogP contribution >= 0.6 is 24.0 Å². The Morgan fingerprint density at radius 1 is 1.16 bits per heavy atom. The van der Waals surface area contributed by atoms with E-state index >= 15 is 0 Å². The van der Waals surface area contributed by atoms with Crippen LogP contribution in [0.3, 0.4) is 0 Å². The quantitative estimate of drug-likeness (QED) is 0.245. The highest BCUT2D eigenvalue weighted by molar-refractivity contribution is 14.0. The van der Waals surface area contributed by atoms with Crippen LogP contribution in [0.15, 0.2) is 52.4 Å². The molecule has 0 bridgehead atoms. The summed E-state index contributed by atoms with van der Waals surface area (Å²) < 4.78 is 52.4. The number of nitrogens with two attached hydrogens (primary N) is 1. The summed E-state index contributed by atoms with van der Waals surface area (Å²) in [5.74, 6) is 0.633. The van der Waals surface area contributed by atoms with E-state index in [1.807, 2.05) is 13.8 Å². The van der Waals surface area contributed by atoms with Gasteiger partial charge in [-0.1, -0.05) is 29.8 Å². The molecule has 0 heterocycles. The molecule has 2 aromatic carbocycles. The molecule has 0 saturated heterocycles. The average Bonchev–Trinajstić information content (AvgIpc) is 2.67. The third kappa shape index (κ3) is 9.35. The Labute approximate surface area is 198 Å². The third-order valence-electron chi connectivity index (χ3n) is 4.14. The molecule has 7 nitrogen and oxygen atoms in total. The number of sulfonamides is 1. The van der Waals surface area contributed by atoms with Crippen molar-refractivity contribution in [2.24, 2.45) is 10.1 Å². The van der Waals surface area contributed by atoms with Crippen LogP contribution in [0.2, 0.25) is 0 Å². The fourth-order valence-electron chi connectivity index (χ4n) is 2.72. The number of aliphatic imine (C=N–C) groups is 1. The second-order valence-electron chi connectivity index (χ2n) is 6.55. The maximum Gasteiger partial charge on any atom is 0.387 e. The lowest BCUT2D eigenvalue weighted by Crippen LogP contribution is -2.38. The molecule has 0 fully saturated rings. The molecule has 0 unspecified atom stereocenters. The number of alkyl halides is 2. The number of benzene rings is 2. The van der Waals surface area contributed by atoms with E-state index in [1.54, 1.807) is 24.3 Å². The first-order valence-corrected chi connectivity index (χ1v) is 10.9. The standard InChI is InChI=1S/C20H26F2N4O3S.HI/c1-3-24-20(25-11-10-15-5-7-17(8-6-15)30(23,27)28)26-13-16-12-14(2)4-9-18(16)29-19(21)22;/h4-9,12,19H,3,10-11,13H2,1-2H3,(H2,23,27,28)(H2,24,25,26);1H. The minimum atomic E-state index is -3.71. The summed E-state index contributed by atoms with van der Waals surface area (Å²) in [4.78, 5) is 4.51. The van der Waals surface area contributed by atoms with Gasteiger partial charge >= 0.3 is 6.61 Å². The summed E-state index contributed by atoms with van der Waals surface area (Å²) in [7, 11) is -3.71. The van der Waals surface area contributed by atoms with Crippen molar-refractivity contribution in [3.63, 3.8) is 0 Å². The number of hydrogen-bond acceptors (Lipinski definition) is 4. The maximum absolute atomic E-state index is 12.6. The maximum atomic E-state index is 12.6. The molecule has 0 atom stereocenters. The summed E-state index contributed by atoms with van der Waals surface area (Å²) in [6.07, 6.45) is 0.625. The zero-order valence-electron chi connectivity index (χ0n) is 17.3. The van der Waals surface area contributed by atoms with Crippen molar-refractivity contribution in [3.8, 4) is 5.75 Å². The minimum absolute atomic E-state index is 0. The molecule has 2 aromatic rings. The van der Waals surface area contributed by atoms with E-state index in [1.165, 1.54) is 18.2 Å². The Balaban J connectivity index is 0.00000480. The van der Waals surface area contributed by atoms with Crippen molar-refractivity contribution in [2.75, 3.05) is 13.1 Å². The zero-order valence-corrected chi connectivity index (χ0v) is 20.4. The van der Waals surface area contributed by atoms with E-state index in [9.17, 15) is 17.2 Å². The molecule has 0 aliphatic carbocycles. The van der Waals surface area contributed by atoms with E-state index in [4.69, 9.17) is 5.14 Å². The first-order valence-electron chi connectivity index (χ1n) is 9.37. The highest BCUT2D eigenvalue weighted by Crippen LogP contribution is 2.22. The summed E-state index contributed by atoms with van der Waals surface area (Å²) >= 11 is 0. The zero-order chi connectivity index (χ0) is 22.1. The van der Waals surface area contributed by atoms with Gasteiger partial charge in [-0.15, -0.1) is 24.0 Å². The number of ether oxygens (including phenoxy) is 1. The molecule has 4 N–H and O–H groups in total. The summed E-state index contributed by atoms with van der Waals surface area (Å²) in [6.45, 7) is 2.22. The van der Waals surface area contributed by atoms with Gasteiger partial charge in [0, 0.05) is 18.7 Å². The van der Waals surface area contributed by atoms with Crippen LogP contribution in [0.5, 0.6) is 5.75 Å². The molecule has 172 valence electrons. The molecule has 0 aromatic heterocycles. The van der Waals surface area contributed by atoms with Crippen LogP contribution in [-0.4, -0.2) is 34.1 Å². The molecule has 0 saturated carbocycles. The van der Waals surface area contributed by atoms with Gasteiger partial charge in [0.25, 0.3) is 0 Å². The second-order valence-corrected chi connectivity index (χ2v) is 8.11. The lowest BCUT2D eigenvalue weighted by molar-refractivity contribution is -0.0504. The Bertz CT molecular complexity index is 971. The molecular formula is C20H27F2IN4O3S. The number of rotatable bonds is 9. The summed E-state index contributed by atoms with van der Waals surface area (Å²) in [6, 6.07) is 11.3. The molecule has 11 heteroatoms. The van der Waals surface area contributed by atoms with E-state index < -0.39 is 16.6 Å². The predicted octanol–water partition coefficient (Wildman–Crippen LogP) is 3.16. The van der Waals surface area contributed by atoms with Gasteiger partial charge in [-0.3, -0.25) is 0 Å². The SMILES string of the molecule is CCNC(=NCc1cc(C)ccc1OC(F)F)NCCc1ccc(S(N)(=O)=O)cc1.I. The Kier molecular flexibility index (Phi) is 11.1. The minimum Gasteiger partial charge on any atom is -0.434 e. The van der Waals surface area contributed by atoms with Gasteiger partial charge in [-0.25, -0.2) is 18.5 Å². The van der Waals surface area contributed by atoms with Gasteiger partial charge in [-0.2, -0.15) is 8.78 Å². The number of aryl methyl sites for hydroxylation is 1. The third-order valence-corrected chi connectivity index (χ3v) is 5.07. The van der Waals surface area contributed by atoms with Gasteiger partial charge in [-0.05, 0) is 44.0 Å². The van der Waals surface area contributed by atoms with Crippen LogP contribution in [0, 0.1) is 6.92 Å². The topological polar surface area (TPSA) is 106 Å². The molecule has 31 heavy (non-hydrogen) atoms. The van der Waals surface area contributed by atoms with Crippen molar-refractivity contribution >= 4 is 40.0 Å². The molecule has 0 amide bonds. The molecular weight excluding hydrogens is 541 g/mol. The second kappa shape index (κ2) is 12.8. The highest BCUT2D eigenvalue weighted by Gasteiger charge is 2.10. The monoisotopic (exact) mass is 568 g/mol. The van der Waals surface area contributed by atoms with Crippen molar-refractivity contribution in [1.29, 1.82) is 0 Å². The van der Waals surface area contributed by atoms with Crippen LogP contribution in [0.25, 0.3) is 0 Å². The van der Waals surface area contributed by atoms with Crippen LogP contribution < -0.4 is 20.5 Å². The summed E-state index contributed by atoms with van der Waals surface area (Å²) in [5, 5.41) is 11.4. The van der Waals surface area contributed by atoms with Crippen molar-refractivity contribution < 1.29 is 21.9 Å². The predicted molar refractivity (Wildman–Crippen MR) is 128 cm³/mol. The summed E-state index contributed by atoms with van der Waals surface area (Å²) in [5.41, 5.74) is 2.41. The Morgan fingerprint density at radius 3 is 2.42 bits per heavy atom. The normalized spacial score (nSPS) is 11.7. The van der Waals surface area contributed by atoms with E-state index in [2.05, 4.69) is 20.4 Å². The average molecular weight is 568 g/mol. The number of guanidine groups is 1. The van der Waals surface area contributed by atoms with Crippen LogP contribution in [0.4, 0.5) is 8.78 Å². The molecule has 0 aliphatic rings. The van der Waals surface area contributed by atoms with Crippen molar-refractivity contribution in [1.82, 2.24) is 10.6 Å². The van der Waals surface area contributed by atoms with Gasteiger partial charge in [0.05, 0.1) is 11.4 Å².